The highest BCUT2D eigenvalue weighted by molar-refractivity contribution is 5.85. The number of benzene rings is 2. The Labute approximate surface area is 145 Å². The molecule has 25 heavy (non-hydrogen) atoms. The van der Waals surface area contributed by atoms with Crippen LogP contribution >= 0.6 is 0 Å². The third-order valence-electron chi connectivity index (χ3n) is 4.41. The number of hydrogen-bond acceptors (Lipinski definition) is 5. The van der Waals surface area contributed by atoms with Gasteiger partial charge in [0.2, 0.25) is 0 Å². The van der Waals surface area contributed by atoms with Crippen molar-refractivity contribution in [2.24, 2.45) is 0 Å². The van der Waals surface area contributed by atoms with Crippen LogP contribution in [-0.4, -0.2) is 46.2 Å². The Morgan fingerprint density at radius 1 is 1.16 bits per heavy atom. The van der Waals surface area contributed by atoms with Crippen molar-refractivity contribution in [2.75, 3.05) is 7.11 Å². The predicted octanol–water partition coefficient (Wildman–Crippen LogP) is 1.81. The Morgan fingerprint density at radius 3 is 2.60 bits per heavy atom. The van der Waals surface area contributed by atoms with E-state index in [0.717, 1.165) is 23.4 Å². The maximum atomic E-state index is 11.8. The summed E-state index contributed by atoms with van der Waals surface area (Å²) in [7, 11) is 1.16. The molecule has 130 valence electrons. The van der Waals surface area contributed by atoms with Crippen molar-refractivity contribution >= 4 is 22.8 Å². The first-order valence-corrected chi connectivity index (χ1v) is 7.99. The van der Waals surface area contributed by atoms with E-state index in [1.54, 1.807) is 12.2 Å². The number of hydrogen-bond donors (Lipinski definition) is 3. The summed E-state index contributed by atoms with van der Waals surface area (Å²) in [6.45, 7) is 0. The van der Waals surface area contributed by atoms with Crippen molar-refractivity contribution in [2.45, 2.75) is 24.2 Å². The zero-order valence-electron chi connectivity index (χ0n) is 13.8. The van der Waals surface area contributed by atoms with Gasteiger partial charge in [0.15, 0.2) is 5.60 Å². The highest BCUT2D eigenvalue weighted by Gasteiger charge is 2.43. The van der Waals surface area contributed by atoms with E-state index in [4.69, 9.17) is 0 Å². The monoisotopic (exact) mass is 340 g/mol. The van der Waals surface area contributed by atoms with Gasteiger partial charge in [-0.05, 0) is 34.1 Å². The Morgan fingerprint density at radius 2 is 1.88 bits per heavy atom. The summed E-state index contributed by atoms with van der Waals surface area (Å²) in [5.74, 6) is -0.866. The average Bonchev–Trinajstić information content (AvgIpc) is 2.62. The topological polar surface area (TPSA) is 87.0 Å². The molecule has 5 heteroatoms. The van der Waals surface area contributed by atoms with Gasteiger partial charge in [0.1, 0.15) is 6.10 Å². The van der Waals surface area contributed by atoms with Gasteiger partial charge in [0, 0.05) is 6.42 Å². The first-order chi connectivity index (χ1) is 11.9. The molecule has 0 radical (unpaired) electrons. The second-order valence-electron chi connectivity index (χ2n) is 6.22. The summed E-state index contributed by atoms with van der Waals surface area (Å²) in [6.07, 6.45) is 1.84. The molecule has 5 nitrogen and oxygen atoms in total. The Bertz CT molecular complexity index is 854. The van der Waals surface area contributed by atoms with Gasteiger partial charge in [0.05, 0.1) is 13.2 Å². The first-order valence-electron chi connectivity index (χ1n) is 7.99. The minimum Gasteiger partial charge on any atom is -0.467 e. The van der Waals surface area contributed by atoms with E-state index in [1.165, 1.54) is 6.08 Å². The molecule has 3 N–H and O–H groups in total. The third-order valence-corrected chi connectivity index (χ3v) is 4.41. The molecule has 0 spiro atoms. The van der Waals surface area contributed by atoms with Crippen molar-refractivity contribution in [1.29, 1.82) is 0 Å². The molecule has 0 bridgehead atoms. The number of ether oxygens (including phenoxy) is 1. The lowest BCUT2D eigenvalue weighted by Gasteiger charge is -2.33. The molecule has 0 unspecified atom stereocenters. The molecule has 1 aliphatic carbocycles. The fourth-order valence-electron chi connectivity index (χ4n) is 3.04. The number of carbonyl (C=O) groups excluding carboxylic acids is 1. The molecule has 0 aromatic heterocycles. The molecule has 3 rings (SSSR count). The van der Waals surface area contributed by atoms with E-state index < -0.39 is 23.8 Å². The SMILES string of the molecule is COC(=O)[C@]1(O)C=C(/C=C/c2ccc3ccccc3c2)[C@@H](O)[C@H](O)C1. The Hall–Kier alpha value is -2.47. The van der Waals surface area contributed by atoms with Crippen molar-refractivity contribution < 1.29 is 24.9 Å². The summed E-state index contributed by atoms with van der Waals surface area (Å²) in [5.41, 5.74) is -0.788. The van der Waals surface area contributed by atoms with E-state index in [2.05, 4.69) is 4.74 Å². The van der Waals surface area contributed by atoms with Gasteiger partial charge in [-0.2, -0.15) is 0 Å². The van der Waals surface area contributed by atoms with Crippen LogP contribution < -0.4 is 0 Å². The second kappa shape index (κ2) is 6.80. The van der Waals surface area contributed by atoms with Crippen molar-refractivity contribution in [3.63, 3.8) is 0 Å². The molecule has 0 fully saturated rings. The highest BCUT2D eigenvalue weighted by atomic mass is 16.5. The minimum atomic E-state index is -1.95. The largest absolute Gasteiger partial charge is 0.467 e. The van der Waals surface area contributed by atoms with Crippen molar-refractivity contribution in [1.82, 2.24) is 0 Å². The molecular weight excluding hydrogens is 320 g/mol. The fourth-order valence-corrected chi connectivity index (χ4v) is 3.04. The normalized spacial score (nSPS) is 26.6. The van der Waals surface area contributed by atoms with E-state index in [-0.39, 0.29) is 12.0 Å². The lowest BCUT2D eigenvalue weighted by atomic mass is 9.82. The van der Waals surface area contributed by atoms with Crippen LogP contribution in [0.3, 0.4) is 0 Å². The van der Waals surface area contributed by atoms with Gasteiger partial charge in [-0.25, -0.2) is 4.79 Å². The molecule has 0 aliphatic heterocycles. The first kappa shape index (κ1) is 17.4. The van der Waals surface area contributed by atoms with E-state index in [0.29, 0.717) is 0 Å². The smallest absolute Gasteiger partial charge is 0.342 e. The van der Waals surface area contributed by atoms with Crippen molar-refractivity contribution in [3.8, 4) is 0 Å². The van der Waals surface area contributed by atoms with E-state index in [1.807, 2.05) is 42.5 Å². The number of rotatable bonds is 3. The quantitative estimate of drug-likeness (QED) is 0.742. The minimum absolute atomic E-state index is 0.264. The van der Waals surface area contributed by atoms with Crippen molar-refractivity contribution in [3.05, 3.63) is 65.8 Å². The van der Waals surface area contributed by atoms with Crippen LogP contribution in [0.1, 0.15) is 12.0 Å². The molecule has 2 aromatic rings. The zero-order chi connectivity index (χ0) is 18.0. The number of aliphatic hydroxyl groups excluding tert-OH is 2. The zero-order valence-corrected chi connectivity index (χ0v) is 13.8. The van der Waals surface area contributed by atoms with Crippen LogP contribution in [0.5, 0.6) is 0 Å². The number of methoxy groups -OCH3 is 1. The number of fused-ring (bicyclic) bond motifs is 1. The van der Waals surface area contributed by atoms with Gasteiger partial charge in [-0.15, -0.1) is 0 Å². The second-order valence-corrected chi connectivity index (χ2v) is 6.22. The molecule has 1 aliphatic rings. The lowest BCUT2D eigenvalue weighted by molar-refractivity contribution is -0.162. The predicted molar refractivity (Wildman–Crippen MR) is 94.7 cm³/mol. The van der Waals surface area contributed by atoms with E-state index in [9.17, 15) is 20.1 Å². The lowest BCUT2D eigenvalue weighted by Crippen LogP contribution is -2.48. The summed E-state index contributed by atoms with van der Waals surface area (Å²) >= 11 is 0. The van der Waals surface area contributed by atoms with Crippen LogP contribution in [0, 0.1) is 0 Å². The number of aliphatic hydroxyl groups is 3. The number of carbonyl (C=O) groups is 1. The Balaban J connectivity index is 1.92. The van der Waals surface area contributed by atoms with Crippen LogP contribution in [-0.2, 0) is 9.53 Å². The van der Waals surface area contributed by atoms with Gasteiger partial charge in [-0.1, -0.05) is 48.6 Å². The molecule has 3 atom stereocenters. The van der Waals surface area contributed by atoms with Gasteiger partial charge in [0.25, 0.3) is 0 Å². The maximum absolute atomic E-state index is 11.8. The summed E-state index contributed by atoms with van der Waals surface area (Å²) in [6, 6.07) is 13.8. The van der Waals surface area contributed by atoms with Crippen LogP contribution in [0.15, 0.2) is 60.2 Å². The highest BCUT2D eigenvalue weighted by Crippen LogP contribution is 2.30. The standard InChI is InChI=1S/C20H20O5/c1-25-19(23)20(24)11-16(18(22)17(21)12-20)9-7-13-6-8-14-4-2-3-5-15(14)10-13/h2-11,17-18,21-22,24H,12H2,1H3/b9-7+/t17-,18-,20+/m1/s1. The maximum Gasteiger partial charge on any atom is 0.342 e. The van der Waals surface area contributed by atoms with E-state index >= 15 is 0 Å². The van der Waals surface area contributed by atoms with Crippen LogP contribution in [0.25, 0.3) is 16.8 Å². The van der Waals surface area contributed by atoms with Crippen LogP contribution in [0.4, 0.5) is 0 Å². The van der Waals surface area contributed by atoms with Gasteiger partial charge in [-0.3, -0.25) is 0 Å². The summed E-state index contributed by atoms with van der Waals surface area (Å²) < 4.78 is 4.59. The average molecular weight is 340 g/mol. The summed E-state index contributed by atoms with van der Waals surface area (Å²) in [4.78, 5) is 11.8. The van der Waals surface area contributed by atoms with Crippen LogP contribution in [0.2, 0.25) is 0 Å². The molecule has 2 aromatic carbocycles. The number of esters is 1. The fraction of sp³-hybridized carbons (Fsp3) is 0.250. The molecule has 0 saturated heterocycles. The molecule has 0 saturated carbocycles. The summed E-state index contributed by atoms with van der Waals surface area (Å²) in [5, 5.41) is 32.7. The van der Waals surface area contributed by atoms with Gasteiger partial charge < -0.3 is 20.1 Å². The molecule has 0 heterocycles. The Kier molecular flexibility index (Phi) is 4.72. The third kappa shape index (κ3) is 3.49. The van der Waals surface area contributed by atoms with Gasteiger partial charge >= 0.3 is 5.97 Å². The molecular formula is C20H20O5. The molecule has 0 amide bonds.